The molecule has 176 valence electrons. The third-order valence-corrected chi connectivity index (χ3v) is 7.06. The number of hydrogen-bond donors (Lipinski definition) is 0. The highest BCUT2D eigenvalue weighted by Gasteiger charge is 2.41. The quantitative estimate of drug-likeness (QED) is 0.283. The number of aryl methyl sites for hydroxylation is 1. The average Bonchev–Trinajstić information content (AvgIpc) is 3.30. The van der Waals surface area contributed by atoms with Crippen LogP contribution >= 0.6 is 15.9 Å². The molecule has 2 aliphatic rings. The summed E-state index contributed by atoms with van der Waals surface area (Å²) in [7, 11) is 0. The molecule has 0 N–H and O–H groups in total. The summed E-state index contributed by atoms with van der Waals surface area (Å²) in [6.07, 6.45) is 5.39. The lowest BCUT2D eigenvalue weighted by molar-refractivity contribution is -0.0191. The van der Waals surface area contributed by atoms with Gasteiger partial charge in [-0.15, -0.1) is 0 Å². The van der Waals surface area contributed by atoms with E-state index >= 15 is 0 Å². The van der Waals surface area contributed by atoms with Crippen LogP contribution in [0.2, 0.25) is 0 Å². The van der Waals surface area contributed by atoms with Crippen LogP contribution in [0, 0.1) is 6.92 Å². The number of halogens is 1. The fraction of sp³-hybridized carbons (Fsp3) is 0.345. The second-order valence-electron chi connectivity index (χ2n) is 9.14. The molecule has 0 amide bonds. The SMILES string of the molecule is CCCCCCOc1ccc([C@H]2Oc3ccc(Br)cc3[C@H]3CC(c4ccc(C)cc4)=NN32)cc1. The van der Waals surface area contributed by atoms with E-state index in [4.69, 9.17) is 14.6 Å². The molecule has 3 aromatic rings. The van der Waals surface area contributed by atoms with Crippen LogP contribution in [-0.2, 0) is 0 Å². The predicted octanol–water partition coefficient (Wildman–Crippen LogP) is 7.96. The van der Waals surface area contributed by atoms with Crippen molar-refractivity contribution >= 4 is 21.6 Å². The molecule has 2 aliphatic heterocycles. The molecule has 5 heteroatoms. The maximum Gasteiger partial charge on any atom is 0.213 e. The Morgan fingerprint density at radius 1 is 1.00 bits per heavy atom. The summed E-state index contributed by atoms with van der Waals surface area (Å²) in [6, 6.07) is 23.3. The Morgan fingerprint density at radius 2 is 1.79 bits per heavy atom. The van der Waals surface area contributed by atoms with Crippen molar-refractivity contribution in [2.75, 3.05) is 6.61 Å². The first-order valence-electron chi connectivity index (χ1n) is 12.2. The maximum absolute atomic E-state index is 6.51. The molecule has 0 aromatic heterocycles. The lowest BCUT2D eigenvalue weighted by Gasteiger charge is -2.38. The van der Waals surface area contributed by atoms with Gasteiger partial charge in [-0.1, -0.05) is 71.9 Å². The Kier molecular flexibility index (Phi) is 6.91. The molecule has 0 fully saturated rings. The average molecular weight is 519 g/mol. The van der Waals surface area contributed by atoms with Gasteiger partial charge in [-0.2, -0.15) is 5.10 Å². The minimum atomic E-state index is -0.278. The zero-order valence-electron chi connectivity index (χ0n) is 19.8. The number of unbranched alkanes of at least 4 members (excludes halogenated alkanes) is 3. The van der Waals surface area contributed by atoms with E-state index in [1.165, 1.54) is 36.0 Å². The first-order valence-corrected chi connectivity index (χ1v) is 13.0. The number of benzene rings is 3. The normalized spacial score (nSPS) is 18.7. The van der Waals surface area contributed by atoms with Crippen molar-refractivity contribution in [2.24, 2.45) is 5.10 Å². The lowest BCUT2D eigenvalue weighted by Crippen LogP contribution is -2.33. The van der Waals surface area contributed by atoms with Crippen molar-refractivity contribution in [3.05, 3.63) is 93.5 Å². The fourth-order valence-corrected chi connectivity index (χ4v) is 5.02. The summed E-state index contributed by atoms with van der Waals surface area (Å²) >= 11 is 3.63. The molecular weight excluding hydrogens is 488 g/mol. The lowest BCUT2D eigenvalue weighted by atomic mass is 9.95. The zero-order chi connectivity index (χ0) is 23.5. The monoisotopic (exact) mass is 518 g/mol. The molecule has 2 atom stereocenters. The van der Waals surface area contributed by atoms with Crippen LogP contribution < -0.4 is 9.47 Å². The minimum absolute atomic E-state index is 0.136. The maximum atomic E-state index is 6.51. The summed E-state index contributed by atoms with van der Waals surface area (Å²) in [5.41, 5.74) is 5.76. The molecule has 0 radical (unpaired) electrons. The number of hydrazone groups is 1. The van der Waals surface area contributed by atoms with Crippen LogP contribution in [0.3, 0.4) is 0 Å². The number of hydrogen-bond acceptors (Lipinski definition) is 4. The van der Waals surface area contributed by atoms with E-state index in [1.807, 2.05) is 18.2 Å². The fourth-order valence-electron chi connectivity index (χ4n) is 4.65. The minimum Gasteiger partial charge on any atom is -0.494 e. The third-order valence-electron chi connectivity index (χ3n) is 6.57. The Bertz CT molecular complexity index is 1160. The van der Waals surface area contributed by atoms with Crippen LogP contribution in [0.1, 0.15) is 73.6 Å². The molecule has 0 saturated carbocycles. The van der Waals surface area contributed by atoms with Gasteiger partial charge in [0.15, 0.2) is 0 Å². The van der Waals surface area contributed by atoms with Crippen LogP contribution in [0.15, 0.2) is 76.3 Å². The van der Waals surface area contributed by atoms with E-state index in [0.29, 0.717) is 0 Å². The van der Waals surface area contributed by atoms with Crippen LogP contribution in [0.5, 0.6) is 11.5 Å². The molecule has 34 heavy (non-hydrogen) atoms. The van der Waals surface area contributed by atoms with Crippen LogP contribution in [-0.4, -0.2) is 17.3 Å². The third kappa shape index (κ3) is 4.85. The number of ether oxygens (including phenoxy) is 2. The van der Waals surface area contributed by atoms with Crippen molar-refractivity contribution in [3.63, 3.8) is 0 Å². The zero-order valence-corrected chi connectivity index (χ0v) is 21.4. The van der Waals surface area contributed by atoms with Gasteiger partial charge in [-0.05, 0) is 61.4 Å². The van der Waals surface area contributed by atoms with E-state index in [1.54, 1.807) is 0 Å². The van der Waals surface area contributed by atoms with Gasteiger partial charge in [0.05, 0.1) is 18.4 Å². The first kappa shape index (κ1) is 23.0. The van der Waals surface area contributed by atoms with Gasteiger partial charge < -0.3 is 9.47 Å². The van der Waals surface area contributed by atoms with Crippen molar-refractivity contribution in [1.29, 1.82) is 0 Å². The topological polar surface area (TPSA) is 34.1 Å². The van der Waals surface area contributed by atoms with Gasteiger partial charge in [0, 0.05) is 22.0 Å². The van der Waals surface area contributed by atoms with Crippen LogP contribution in [0.4, 0.5) is 0 Å². The molecule has 0 saturated heterocycles. The molecule has 3 aromatic carbocycles. The Hall–Kier alpha value is -2.79. The highest BCUT2D eigenvalue weighted by atomic mass is 79.9. The Morgan fingerprint density at radius 3 is 2.56 bits per heavy atom. The Labute approximate surface area is 210 Å². The van der Waals surface area contributed by atoms with E-state index in [9.17, 15) is 0 Å². The van der Waals surface area contributed by atoms with Gasteiger partial charge in [-0.25, -0.2) is 5.01 Å². The first-order chi connectivity index (χ1) is 16.6. The summed E-state index contributed by atoms with van der Waals surface area (Å²) in [6.45, 7) is 5.10. The van der Waals surface area contributed by atoms with E-state index in [0.717, 1.165) is 46.7 Å². The molecule has 0 unspecified atom stereocenters. The molecule has 0 bridgehead atoms. The Balaban J connectivity index is 1.40. The highest BCUT2D eigenvalue weighted by Crippen LogP contribution is 2.48. The second kappa shape index (κ2) is 10.2. The van der Waals surface area contributed by atoms with Crippen molar-refractivity contribution < 1.29 is 9.47 Å². The summed E-state index contributed by atoms with van der Waals surface area (Å²) < 4.78 is 13.5. The highest BCUT2D eigenvalue weighted by molar-refractivity contribution is 9.10. The van der Waals surface area contributed by atoms with Gasteiger partial charge in [-0.3, -0.25) is 0 Å². The summed E-state index contributed by atoms with van der Waals surface area (Å²) in [5.74, 6) is 1.83. The summed E-state index contributed by atoms with van der Waals surface area (Å²) in [4.78, 5) is 0. The molecule has 0 spiro atoms. The molecule has 2 heterocycles. The van der Waals surface area contributed by atoms with Gasteiger partial charge in [0.1, 0.15) is 11.5 Å². The number of nitrogens with zero attached hydrogens (tertiary/aromatic N) is 2. The van der Waals surface area contributed by atoms with Crippen molar-refractivity contribution in [3.8, 4) is 11.5 Å². The molecule has 5 rings (SSSR count). The van der Waals surface area contributed by atoms with Crippen LogP contribution in [0.25, 0.3) is 0 Å². The molecular formula is C29H31BrN2O2. The van der Waals surface area contributed by atoms with E-state index in [2.05, 4.69) is 83.3 Å². The van der Waals surface area contributed by atoms with E-state index < -0.39 is 0 Å². The van der Waals surface area contributed by atoms with Crippen molar-refractivity contribution in [1.82, 2.24) is 5.01 Å². The predicted molar refractivity (Wildman–Crippen MR) is 141 cm³/mol. The second-order valence-corrected chi connectivity index (χ2v) is 10.1. The largest absolute Gasteiger partial charge is 0.494 e. The van der Waals surface area contributed by atoms with Gasteiger partial charge >= 0.3 is 0 Å². The standard InChI is InChI=1S/C29H31BrN2O2/c1-3-4-5-6-17-33-24-14-11-22(12-15-24)29-32-27(25-18-23(30)13-16-28(25)34-29)19-26(31-32)21-9-7-20(2)8-10-21/h7-16,18,27,29H,3-6,17,19H2,1-2H3/t27-,29-/m1/s1. The number of rotatable bonds is 8. The van der Waals surface area contributed by atoms with Gasteiger partial charge in [0.25, 0.3) is 0 Å². The van der Waals surface area contributed by atoms with Gasteiger partial charge in [0.2, 0.25) is 6.23 Å². The number of fused-ring (bicyclic) bond motifs is 3. The molecule has 0 aliphatic carbocycles. The van der Waals surface area contributed by atoms with E-state index in [-0.39, 0.29) is 12.3 Å². The smallest absolute Gasteiger partial charge is 0.213 e. The van der Waals surface area contributed by atoms with Crippen molar-refractivity contribution in [2.45, 2.75) is 58.2 Å². The summed E-state index contributed by atoms with van der Waals surface area (Å²) in [5, 5.41) is 7.20. The molecule has 4 nitrogen and oxygen atoms in total.